The zero-order valence-electron chi connectivity index (χ0n) is 23.3. The summed E-state index contributed by atoms with van der Waals surface area (Å²) in [4.78, 5) is 23.7. The molecule has 1 atom stereocenters. The number of nitrogens with one attached hydrogen (secondary N) is 2. The first kappa shape index (κ1) is 27.0. The average molecular weight is 570 g/mol. The second-order valence-electron chi connectivity index (χ2n) is 10.3. The number of anilines is 1. The van der Waals surface area contributed by atoms with E-state index in [2.05, 4.69) is 32.2 Å². The van der Waals surface area contributed by atoms with Crippen LogP contribution in [0.15, 0.2) is 71.7 Å². The first-order chi connectivity index (χ1) is 19.9. The number of imidazole rings is 1. The Morgan fingerprint density at radius 1 is 1.22 bits per heavy atom. The molecule has 1 fully saturated rings. The van der Waals surface area contributed by atoms with Crippen LogP contribution in [0.4, 0.5) is 10.1 Å². The van der Waals surface area contributed by atoms with Crippen LogP contribution < -0.4 is 9.62 Å². The zero-order valence-corrected chi connectivity index (χ0v) is 24.1. The van der Waals surface area contributed by atoms with Crippen LogP contribution in [0.2, 0.25) is 0 Å². The minimum atomic E-state index is -0.344. The fourth-order valence-electron chi connectivity index (χ4n) is 5.72. The van der Waals surface area contributed by atoms with Gasteiger partial charge in [-0.1, -0.05) is 30.7 Å². The summed E-state index contributed by atoms with van der Waals surface area (Å²) in [6.45, 7) is 6.08. The molecule has 7 nitrogen and oxygen atoms in total. The molecule has 210 valence electrons. The number of benzene rings is 3. The van der Waals surface area contributed by atoms with Crippen LogP contribution in [0, 0.1) is 5.82 Å². The molecule has 5 aromatic rings. The lowest BCUT2D eigenvalue weighted by Gasteiger charge is -2.36. The van der Waals surface area contributed by atoms with Crippen molar-refractivity contribution >= 4 is 51.2 Å². The van der Waals surface area contributed by atoms with Crippen molar-refractivity contribution in [3.05, 3.63) is 90.0 Å². The topological polar surface area (TPSA) is 77.4 Å². The zero-order chi connectivity index (χ0) is 28.7. The average Bonchev–Trinajstić information content (AvgIpc) is 3.61. The molecule has 2 aromatic heterocycles. The Balaban J connectivity index is 1.42. The van der Waals surface area contributed by atoms with Gasteiger partial charge in [-0.3, -0.25) is 4.79 Å². The van der Waals surface area contributed by atoms with Crippen molar-refractivity contribution in [1.29, 1.82) is 0 Å². The molecule has 41 heavy (non-hydrogen) atoms. The van der Waals surface area contributed by atoms with Crippen LogP contribution in [-0.2, 0) is 0 Å². The van der Waals surface area contributed by atoms with E-state index in [4.69, 9.17) is 9.40 Å². The maximum Gasteiger partial charge on any atom is 0.255 e. The molecule has 6 rings (SSSR count). The third-order valence-electron chi connectivity index (χ3n) is 7.92. The minimum Gasteiger partial charge on any atom is -0.455 e. The Labute approximate surface area is 242 Å². The summed E-state index contributed by atoms with van der Waals surface area (Å²) in [7, 11) is 3.64. The highest BCUT2D eigenvalue weighted by atomic mass is 32.2. The van der Waals surface area contributed by atoms with Crippen molar-refractivity contribution in [1.82, 2.24) is 20.2 Å². The number of likely N-dealkylation sites (tertiary alicyclic amines) is 1. The Morgan fingerprint density at radius 3 is 2.73 bits per heavy atom. The molecule has 0 radical (unpaired) electrons. The van der Waals surface area contributed by atoms with Gasteiger partial charge >= 0.3 is 0 Å². The summed E-state index contributed by atoms with van der Waals surface area (Å²) in [5, 5.41) is 3.50. The number of carbonyl (C=O) groups excluding carboxylic acids is 1. The number of nitrogens with zero attached hydrogens (tertiary/aromatic N) is 3. The lowest BCUT2D eigenvalue weighted by atomic mass is 9.87. The number of para-hydroxylation sites is 2. The number of hydrogen-bond donors (Lipinski definition) is 2. The van der Waals surface area contributed by atoms with Gasteiger partial charge in [-0.25, -0.2) is 9.37 Å². The summed E-state index contributed by atoms with van der Waals surface area (Å²) < 4.78 is 22.1. The second kappa shape index (κ2) is 11.0. The molecule has 0 bridgehead atoms. The van der Waals surface area contributed by atoms with Gasteiger partial charge < -0.3 is 23.9 Å². The quantitative estimate of drug-likeness (QED) is 0.205. The number of halogens is 1. The van der Waals surface area contributed by atoms with Gasteiger partial charge in [0.15, 0.2) is 5.82 Å². The molecule has 1 aliphatic heterocycles. The molecule has 3 aromatic carbocycles. The number of rotatable bonds is 7. The van der Waals surface area contributed by atoms with Crippen molar-refractivity contribution in [3.63, 3.8) is 0 Å². The first-order valence-electron chi connectivity index (χ1n) is 13.6. The second-order valence-corrected chi connectivity index (χ2v) is 11.2. The third kappa shape index (κ3) is 4.95. The van der Waals surface area contributed by atoms with E-state index in [-0.39, 0.29) is 17.6 Å². The largest absolute Gasteiger partial charge is 0.455 e. The van der Waals surface area contributed by atoms with Gasteiger partial charge in [-0.2, -0.15) is 0 Å². The van der Waals surface area contributed by atoms with Crippen LogP contribution in [0.3, 0.4) is 0 Å². The predicted molar refractivity (Wildman–Crippen MR) is 166 cm³/mol. The number of piperidine rings is 1. The van der Waals surface area contributed by atoms with Gasteiger partial charge in [0.25, 0.3) is 5.91 Å². The highest BCUT2D eigenvalue weighted by Gasteiger charge is 2.29. The molecule has 0 saturated carbocycles. The molecule has 1 saturated heterocycles. The summed E-state index contributed by atoms with van der Waals surface area (Å²) >= 11 is 1.62. The Kier molecular flexibility index (Phi) is 7.21. The molecule has 3 heterocycles. The smallest absolute Gasteiger partial charge is 0.255 e. The number of aromatic amines is 1. The number of hydrogen-bond acceptors (Lipinski definition) is 6. The van der Waals surface area contributed by atoms with Crippen LogP contribution in [-0.4, -0.2) is 54.2 Å². The predicted octanol–water partition coefficient (Wildman–Crippen LogP) is 7.04. The van der Waals surface area contributed by atoms with Crippen LogP contribution in [0.5, 0.6) is 0 Å². The van der Waals surface area contributed by atoms with Crippen LogP contribution in [0.25, 0.3) is 39.0 Å². The minimum absolute atomic E-state index is 0.195. The maximum absolute atomic E-state index is 13.7. The standard InChI is InChI=1S/C32H32FN5O2S/c1-19(31-35-25-9-5-6-10-26(25)36-31)38-15-7-8-21(18-38)23-16-24-28(17-27(23)37(3)41-4)40-30(29(24)32(39)34-2)20-11-13-22(33)14-12-20/h5-6,9-14,16-17,21H,1,7-8,15,18H2,2-4H3,(H,34,39)(H,35,36). The van der Waals surface area contributed by atoms with Crippen LogP contribution in [0.1, 0.15) is 40.5 Å². The third-order valence-corrected chi connectivity index (χ3v) is 8.66. The van der Waals surface area contributed by atoms with Gasteiger partial charge in [-0.15, -0.1) is 0 Å². The molecule has 1 unspecified atom stereocenters. The van der Waals surface area contributed by atoms with E-state index in [0.29, 0.717) is 22.5 Å². The Bertz CT molecular complexity index is 1730. The SMILES string of the molecule is C=C(c1nc2ccccc2[nH]1)N1CCCC(c2cc3c(C(=O)NC)c(-c4ccc(F)cc4)oc3cc2N(C)SC)C1. The normalized spacial score (nSPS) is 15.4. The van der Waals surface area contributed by atoms with Gasteiger partial charge in [-0.05, 0) is 60.9 Å². The van der Waals surface area contributed by atoms with Crippen molar-refractivity contribution in [2.45, 2.75) is 18.8 Å². The molecule has 0 aliphatic carbocycles. The molecule has 1 amide bonds. The molecule has 0 spiro atoms. The fourth-order valence-corrected chi connectivity index (χ4v) is 6.07. The number of fused-ring (bicyclic) bond motifs is 2. The van der Waals surface area contributed by atoms with Gasteiger partial charge in [0.05, 0.1) is 28.0 Å². The highest BCUT2D eigenvalue weighted by Crippen LogP contribution is 2.43. The first-order valence-corrected chi connectivity index (χ1v) is 14.8. The molecule has 9 heteroatoms. The fraction of sp³-hybridized carbons (Fsp3) is 0.250. The maximum atomic E-state index is 13.7. The van der Waals surface area contributed by atoms with E-state index in [1.807, 2.05) is 43.6 Å². The van der Waals surface area contributed by atoms with E-state index >= 15 is 0 Å². The van der Waals surface area contributed by atoms with Gasteiger partial charge in [0.2, 0.25) is 0 Å². The monoisotopic (exact) mass is 569 g/mol. The highest BCUT2D eigenvalue weighted by molar-refractivity contribution is 7.99. The Hall–Kier alpha value is -4.24. The van der Waals surface area contributed by atoms with Crippen molar-refractivity contribution in [2.24, 2.45) is 0 Å². The van der Waals surface area contributed by atoms with E-state index < -0.39 is 0 Å². The number of amides is 1. The molecule has 2 N–H and O–H groups in total. The summed E-state index contributed by atoms with van der Waals surface area (Å²) in [6.07, 6.45) is 4.04. The number of H-pyrrole nitrogens is 1. The van der Waals surface area contributed by atoms with Crippen molar-refractivity contribution < 1.29 is 13.6 Å². The number of aromatic nitrogens is 2. The van der Waals surface area contributed by atoms with Crippen LogP contribution >= 0.6 is 11.9 Å². The van der Waals surface area contributed by atoms with E-state index in [0.717, 1.165) is 65.1 Å². The lowest BCUT2D eigenvalue weighted by Crippen LogP contribution is -2.33. The van der Waals surface area contributed by atoms with E-state index in [1.165, 1.54) is 12.1 Å². The van der Waals surface area contributed by atoms with E-state index in [9.17, 15) is 9.18 Å². The van der Waals surface area contributed by atoms with Gasteiger partial charge in [0, 0.05) is 56.4 Å². The summed E-state index contributed by atoms with van der Waals surface area (Å²) in [6, 6.07) is 18.1. The summed E-state index contributed by atoms with van der Waals surface area (Å²) in [5.74, 6) is 0.815. The van der Waals surface area contributed by atoms with Crippen molar-refractivity contribution in [2.75, 3.05) is 37.7 Å². The lowest BCUT2D eigenvalue weighted by molar-refractivity contribution is 0.0964. The van der Waals surface area contributed by atoms with Crippen molar-refractivity contribution in [3.8, 4) is 11.3 Å². The molecular formula is C32H32FN5O2S. The van der Waals surface area contributed by atoms with Gasteiger partial charge in [0.1, 0.15) is 17.2 Å². The summed E-state index contributed by atoms with van der Waals surface area (Å²) in [5.41, 5.74) is 6.68. The Morgan fingerprint density at radius 2 is 2.00 bits per heavy atom. The van der Waals surface area contributed by atoms with E-state index in [1.54, 1.807) is 31.1 Å². The number of furan rings is 1. The molecule has 1 aliphatic rings. The number of carbonyl (C=O) groups is 1. The molecular weight excluding hydrogens is 537 g/mol.